The summed E-state index contributed by atoms with van der Waals surface area (Å²) >= 11 is 0. The van der Waals surface area contributed by atoms with Gasteiger partial charge in [0.2, 0.25) is 29.5 Å². The van der Waals surface area contributed by atoms with E-state index in [1.165, 1.54) is 62.5 Å². The van der Waals surface area contributed by atoms with Gasteiger partial charge in [-0.15, -0.1) is 0 Å². The lowest BCUT2D eigenvalue weighted by Gasteiger charge is -2.57. The fraction of sp³-hybridized carbons (Fsp3) is 0.566. The van der Waals surface area contributed by atoms with Crippen LogP contribution in [0.1, 0.15) is 103 Å². The molecule has 2 aromatic carbocycles. The van der Waals surface area contributed by atoms with Gasteiger partial charge in [-0.25, -0.2) is 4.79 Å². The fourth-order valence-corrected chi connectivity index (χ4v) is 11.7. The van der Waals surface area contributed by atoms with Crippen LogP contribution < -0.4 is 26.6 Å². The Hall–Kier alpha value is -6.19. The Morgan fingerprint density at radius 3 is 2.03 bits per heavy atom. The van der Waals surface area contributed by atoms with Crippen LogP contribution in [0.4, 0.5) is 0 Å². The summed E-state index contributed by atoms with van der Waals surface area (Å²) in [4.78, 5) is 99.1. The number of allylic oxidation sites excluding steroid dienone is 1. The van der Waals surface area contributed by atoms with Crippen LogP contribution in [-0.4, -0.2) is 113 Å². The number of ether oxygens (including phenoxy) is 1. The second-order valence-corrected chi connectivity index (χ2v) is 20.8. The van der Waals surface area contributed by atoms with Crippen molar-refractivity contribution in [3.63, 3.8) is 0 Å². The summed E-state index contributed by atoms with van der Waals surface area (Å²) in [6.45, 7) is 5.53. The Morgan fingerprint density at radius 1 is 0.768 bits per heavy atom. The summed E-state index contributed by atoms with van der Waals surface area (Å²) in [6, 6.07) is 10.1. The van der Waals surface area contributed by atoms with Gasteiger partial charge in [0.1, 0.15) is 36.0 Å². The second-order valence-electron chi connectivity index (χ2n) is 20.8. The van der Waals surface area contributed by atoms with E-state index < -0.39 is 72.3 Å². The van der Waals surface area contributed by atoms with Crippen molar-refractivity contribution >= 4 is 41.4 Å². The van der Waals surface area contributed by atoms with E-state index in [2.05, 4.69) is 26.6 Å². The molecule has 69 heavy (non-hydrogen) atoms. The van der Waals surface area contributed by atoms with Crippen LogP contribution in [0.2, 0.25) is 0 Å². The molecule has 4 saturated carbocycles. The number of esters is 1. The van der Waals surface area contributed by atoms with E-state index in [0.717, 1.165) is 29.7 Å². The largest absolute Gasteiger partial charge is 0.508 e. The fourth-order valence-electron chi connectivity index (χ4n) is 11.7. The maximum absolute atomic E-state index is 14.0. The lowest BCUT2D eigenvalue weighted by Crippen LogP contribution is -2.57. The maximum atomic E-state index is 14.0. The second kappa shape index (κ2) is 22.9. The Bertz CT molecular complexity index is 2210. The van der Waals surface area contributed by atoms with Crippen molar-refractivity contribution in [3.05, 3.63) is 89.8 Å². The Balaban J connectivity index is 0.939. The first-order chi connectivity index (χ1) is 33.0. The zero-order valence-electron chi connectivity index (χ0n) is 40.5. The van der Waals surface area contributed by atoms with Gasteiger partial charge in [0.05, 0.1) is 13.2 Å². The summed E-state index contributed by atoms with van der Waals surface area (Å²) in [5.74, 6) is -1.42. The van der Waals surface area contributed by atoms with Crippen molar-refractivity contribution in [2.75, 3.05) is 26.7 Å². The maximum Gasteiger partial charge on any atom is 0.328 e. The average molecular weight is 950 g/mol. The summed E-state index contributed by atoms with van der Waals surface area (Å²) in [5.41, 5.74) is 2.18. The quantitative estimate of drug-likeness (QED) is 0.0983. The van der Waals surface area contributed by atoms with Gasteiger partial charge in [0.25, 0.3) is 5.91 Å². The average Bonchev–Trinajstić information content (AvgIpc) is 3.81. The number of rotatable bonds is 21. The van der Waals surface area contributed by atoms with Crippen molar-refractivity contribution in [1.82, 2.24) is 36.4 Å². The van der Waals surface area contributed by atoms with Crippen LogP contribution >= 0.6 is 0 Å². The van der Waals surface area contributed by atoms with Gasteiger partial charge in [0, 0.05) is 38.2 Å². The van der Waals surface area contributed by atoms with Gasteiger partial charge in [-0.2, -0.15) is 0 Å². The normalized spacial score (nSPS) is 24.1. The minimum Gasteiger partial charge on any atom is -0.508 e. The summed E-state index contributed by atoms with van der Waals surface area (Å²) < 4.78 is 5.90. The molecule has 1 saturated heterocycles. The van der Waals surface area contributed by atoms with E-state index in [-0.39, 0.29) is 35.8 Å². The third-order valence-corrected chi connectivity index (χ3v) is 14.6. The molecule has 4 bridgehead atoms. The Labute approximate surface area is 405 Å². The molecule has 4 aliphatic carbocycles. The molecule has 0 radical (unpaired) electrons. The van der Waals surface area contributed by atoms with Crippen molar-refractivity contribution in [3.8, 4) is 5.75 Å². The molecule has 2 aromatic rings. The number of likely N-dealkylation sites (tertiary alicyclic amines) is 1. The molecule has 16 heteroatoms. The van der Waals surface area contributed by atoms with Crippen LogP contribution in [-0.2, 0) is 51.1 Å². The minimum atomic E-state index is -1.17. The third-order valence-electron chi connectivity index (χ3n) is 14.6. The molecule has 2 heterocycles. The summed E-state index contributed by atoms with van der Waals surface area (Å²) in [7, 11) is 1.82. The predicted octanol–water partition coefficient (Wildman–Crippen LogP) is 4.17. The van der Waals surface area contributed by atoms with E-state index in [9.17, 15) is 38.7 Å². The molecular weight excluding hydrogens is 879 g/mol. The van der Waals surface area contributed by atoms with Crippen LogP contribution in [0.25, 0.3) is 0 Å². The lowest BCUT2D eigenvalue weighted by atomic mass is 9.49. The SMILES string of the molecule is CC(C)C[C@@H](NC(=O)[C@H](Cc1ccccc1)NC(=O)CNC(=O)[C@@H](C)NC(=O)[C@H](Cc1ccc(O)cc1)NC(=O)[C@@H]1CCCN1C(=O)C1=CN(C)C=CC1)C(=O)OCCC12CC3CC(CC(C3)C1)C2. The number of benzene rings is 2. The number of carbonyl (C=O) groups is 7. The minimum absolute atomic E-state index is 0.0124. The van der Waals surface area contributed by atoms with Crippen LogP contribution in [0.15, 0.2) is 78.6 Å². The van der Waals surface area contributed by atoms with Gasteiger partial charge < -0.3 is 46.2 Å². The zero-order valence-corrected chi connectivity index (χ0v) is 40.5. The number of nitrogens with zero attached hydrogens (tertiary/aromatic N) is 2. The van der Waals surface area contributed by atoms with Gasteiger partial charge in [-0.1, -0.05) is 62.4 Å². The van der Waals surface area contributed by atoms with E-state index >= 15 is 0 Å². The van der Waals surface area contributed by atoms with Crippen LogP contribution in [0.3, 0.4) is 0 Å². The molecular formula is C53H71N7O9. The highest BCUT2D eigenvalue weighted by atomic mass is 16.5. The Morgan fingerprint density at radius 2 is 1.39 bits per heavy atom. The zero-order chi connectivity index (χ0) is 49.2. The number of hydrogen-bond donors (Lipinski definition) is 6. The van der Waals surface area contributed by atoms with E-state index in [4.69, 9.17) is 4.74 Å². The monoisotopic (exact) mass is 950 g/mol. The van der Waals surface area contributed by atoms with Crippen LogP contribution in [0, 0.1) is 29.1 Å². The molecule has 2 aliphatic heterocycles. The number of nitrogens with one attached hydrogen (secondary N) is 5. The predicted molar refractivity (Wildman–Crippen MR) is 258 cm³/mol. The first-order valence-corrected chi connectivity index (χ1v) is 24.9. The summed E-state index contributed by atoms with van der Waals surface area (Å²) in [5, 5.41) is 23.5. The van der Waals surface area contributed by atoms with E-state index in [0.29, 0.717) is 50.0 Å². The third kappa shape index (κ3) is 13.7. The molecule has 0 unspecified atom stereocenters. The number of phenols is 1. The topological polar surface area (TPSA) is 216 Å². The lowest BCUT2D eigenvalue weighted by molar-refractivity contribution is -0.151. The standard InChI is InChI=1S/C53H71N7O9/c1-33(2)22-44(52(68)69-21-18-53-28-37-23-38(29-53)25-39(24-37)30-53)58-49(65)42(26-35-10-6-5-7-11-35)56-46(62)31-54-47(63)34(3)55-48(64)43(27-36-14-16-41(61)17-15-36)57-50(66)45-13-9-20-60(45)51(67)40-12-8-19-59(4)32-40/h5-8,10-11,14-17,19,32-34,37-39,42-45,61H,9,12-13,18,20-31H2,1-4H3,(H,54,63)(H,55,64)(H,56,62)(H,57,66)(H,58,65)/t34-,37?,38?,39?,42+,43+,44-,45+,53?/m1/s1. The Kier molecular flexibility index (Phi) is 16.9. The van der Waals surface area contributed by atoms with Crippen molar-refractivity contribution < 1.29 is 43.4 Å². The highest BCUT2D eigenvalue weighted by Gasteiger charge is 2.50. The molecule has 5 fully saturated rings. The molecule has 372 valence electrons. The molecule has 6 N–H and O–H groups in total. The molecule has 6 aliphatic rings. The van der Waals surface area contributed by atoms with Crippen molar-refractivity contribution in [1.29, 1.82) is 0 Å². The van der Waals surface area contributed by atoms with Crippen molar-refractivity contribution in [2.45, 2.75) is 134 Å². The van der Waals surface area contributed by atoms with Gasteiger partial charge in [-0.3, -0.25) is 28.8 Å². The molecule has 0 aromatic heterocycles. The van der Waals surface area contributed by atoms with Gasteiger partial charge in [-0.05, 0) is 136 Å². The van der Waals surface area contributed by atoms with E-state index in [1.54, 1.807) is 23.2 Å². The first-order valence-electron chi connectivity index (χ1n) is 24.9. The molecule has 8 rings (SSSR count). The number of phenolic OH excluding ortho intramolecular Hbond substituents is 1. The first kappa shape index (κ1) is 50.7. The highest BCUT2D eigenvalue weighted by Crippen LogP contribution is 2.61. The summed E-state index contributed by atoms with van der Waals surface area (Å²) in [6.07, 6.45) is 15.8. The smallest absolute Gasteiger partial charge is 0.328 e. The molecule has 6 amide bonds. The molecule has 5 atom stereocenters. The number of carbonyl (C=O) groups excluding carboxylic acids is 7. The molecule has 16 nitrogen and oxygen atoms in total. The number of aromatic hydroxyl groups is 1. The number of amides is 6. The van der Waals surface area contributed by atoms with Crippen LogP contribution in [0.5, 0.6) is 5.75 Å². The van der Waals surface area contributed by atoms with Gasteiger partial charge in [0.15, 0.2) is 0 Å². The van der Waals surface area contributed by atoms with Crippen molar-refractivity contribution in [2.24, 2.45) is 29.1 Å². The highest BCUT2D eigenvalue weighted by molar-refractivity contribution is 5.99. The molecule has 0 spiro atoms. The van der Waals surface area contributed by atoms with Gasteiger partial charge >= 0.3 is 5.97 Å². The number of hydrogen-bond acceptors (Lipinski definition) is 10. The van der Waals surface area contributed by atoms with E-state index in [1.807, 2.05) is 63.5 Å².